The lowest BCUT2D eigenvalue weighted by molar-refractivity contribution is 0.204. The van der Waals surface area contributed by atoms with Crippen LogP contribution in [0.4, 0.5) is 10.5 Å². The lowest BCUT2D eigenvalue weighted by atomic mass is 10.1. The fourth-order valence-corrected chi connectivity index (χ4v) is 1.96. The second-order valence-electron chi connectivity index (χ2n) is 6.24. The van der Waals surface area contributed by atoms with Crippen molar-refractivity contribution < 1.29 is 14.4 Å². The minimum Gasteiger partial charge on any atom is -0.396 e. The van der Waals surface area contributed by atoms with Crippen LogP contribution in [0.25, 0.3) is 11.5 Å². The summed E-state index contributed by atoms with van der Waals surface area (Å²) in [5.41, 5.74) is 1.45. The Morgan fingerprint density at radius 2 is 1.88 bits per heavy atom. The normalized spacial score (nSPS) is 13.6. The van der Waals surface area contributed by atoms with E-state index >= 15 is 0 Å². The van der Waals surface area contributed by atoms with Crippen LogP contribution in [0.2, 0.25) is 0 Å². The first-order valence-electron chi connectivity index (χ1n) is 8.03. The van der Waals surface area contributed by atoms with Crippen molar-refractivity contribution >= 4 is 11.7 Å². The van der Waals surface area contributed by atoms with E-state index in [1.165, 1.54) is 0 Å². The molecule has 0 aliphatic carbocycles. The number of aromatic nitrogens is 2. The molecule has 2 atom stereocenters. The van der Waals surface area contributed by atoms with Gasteiger partial charge in [0.15, 0.2) is 5.82 Å². The van der Waals surface area contributed by atoms with Crippen LogP contribution in [0.5, 0.6) is 0 Å². The van der Waals surface area contributed by atoms with E-state index in [0.29, 0.717) is 17.4 Å². The van der Waals surface area contributed by atoms with Crippen molar-refractivity contribution in [2.45, 2.75) is 39.7 Å². The van der Waals surface area contributed by atoms with E-state index in [4.69, 9.17) is 9.63 Å². The summed E-state index contributed by atoms with van der Waals surface area (Å²) in [5, 5.41) is 18.6. The molecule has 2 rings (SSSR count). The van der Waals surface area contributed by atoms with Crippen LogP contribution in [0, 0.1) is 5.92 Å². The third-order valence-corrected chi connectivity index (χ3v) is 3.85. The molecule has 1 heterocycles. The summed E-state index contributed by atoms with van der Waals surface area (Å²) in [5.74, 6) is 1.32. The standard InChI is InChI=1S/C17H24N4O3/c1-10(2)15-20-16(24-21-15)13-5-7-14(8-6-13)19-17(23)18-12(4)11(3)9-22/h5-8,10-12,22H,9H2,1-4H3,(H2,18,19,23). The monoisotopic (exact) mass is 332 g/mol. The first-order valence-corrected chi connectivity index (χ1v) is 8.03. The first kappa shape index (κ1) is 17.9. The molecular formula is C17H24N4O3. The summed E-state index contributed by atoms with van der Waals surface area (Å²) >= 11 is 0. The van der Waals surface area contributed by atoms with Gasteiger partial charge in [0, 0.05) is 29.8 Å². The quantitative estimate of drug-likeness (QED) is 0.755. The molecule has 0 fully saturated rings. The van der Waals surface area contributed by atoms with E-state index in [1.54, 1.807) is 12.1 Å². The number of nitrogens with one attached hydrogen (secondary N) is 2. The minimum absolute atomic E-state index is 0.00851. The zero-order chi connectivity index (χ0) is 17.7. The van der Waals surface area contributed by atoms with Crippen molar-refractivity contribution in [3.05, 3.63) is 30.1 Å². The van der Waals surface area contributed by atoms with Crippen LogP contribution in [0.1, 0.15) is 39.4 Å². The fraction of sp³-hybridized carbons (Fsp3) is 0.471. The van der Waals surface area contributed by atoms with E-state index in [1.807, 2.05) is 39.8 Å². The van der Waals surface area contributed by atoms with Crippen molar-refractivity contribution in [3.8, 4) is 11.5 Å². The van der Waals surface area contributed by atoms with Gasteiger partial charge >= 0.3 is 6.03 Å². The van der Waals surface area contributed by atoms with Gasteiger partial charge in [0.2, 0.25) is 0 Å². The zero-order valence-electron chi connectivity index (χ0n) is 14.4. The maximum Gasteiger partial charge on any atom is 0.319 e. The molecule has 2 aromatic rings. The van der Waals surface area contributed by atoms with Gasteiger partial charge in [-0.2, -0.15) is 4.98 Å². The average molecular weight is 332 g/mol. The molecule has 0 aliphatic heterocycles. The highest BCUT2D eigenvalue weighted by atomic mass is 16.5. The van der Waals surface area contributed by atoms with E-state index in [0.717, 1.165) is 5.56 Å². The molecule has 1 aromatic heterocycles. The third kappa shape index (κ3) is 4.55. The van der Waals surface area contributed by atoms with Crippen LogP contribution in [0.3, 0.4) is 0 Å². The SMILES string of the molecule is CC(C)c1noc(-c2ccc(NC(=O)NC(C)C(C)CO)cc2)n1. The molecule has 0 saturated heterocycles. The van der Waals surface area contributed by atoms with Gasteiger partial charge in [0.05, 0.1) is 0 Å². The molecule has 1 aromatic carbocycles. The summed E-state index contributed by atoms with van der Waals surface area (Å²) in [4.78, 5) is 16.3. The Balaban J connectivity index is 1.97. The number of hydrogen-bond acceptors (Lipinski definition) is 5. The maximum absolute atomic E-state index is 11.9. The summed E-state index contributed by atoms with van der Waals surface area (Å²) in [6, 6.07) is 6.74. The van der Waals surface area contributed by atoms with Crippen molar-refractivity contribution in [1.29, 1.82) is 0 Å². The van der Waals surface area contributed by atoms with Gasteiger partial charge in [-0.15, -0.1) is 0 Å². The molecule has 0 radical (unpaired) electrons. The van der Waals surface area contributed by atoms with Crippen molar-refractivity contribution in [3.63, 3.8) is 0 Å². The summed E-state index contributed by atoms with van der Waals surface area (Å²) in [6.45, 7) is 7.75. The molecule has 7 nitrogen and oxygen atoms in total. The number of rotatable bonds is 6. The maximum atomic E-state index is 11.9. The molecule has 0 aliphatic rings. The van der Waals surface area contributed by atoms with E-state index in [-0.39, 0.29) is 30.5 Å². The summed E-state index contributed by atoms with van der Waals surface area (Å²) < 4.78 is 5.24. The number of nitrogens with zero attached hydrogens (tertiary/aromatic N) is 2. The van der Waals surface area contributed by atoms with Gasteiger partial charge in [-0.25, -0.2) is 4.79 Å². The highest BCUT2D eigenvalue weighted by Gasteiger charge is 2.14. The second kappa shape index (κ2) is 7.92. The highest BCUT2D eigenvalue weighted by Crippen LogP contribution is 2.21. The Morgan fingerprint density at radius 3 is 2.42 bits per heavy atom. The van der Waals surface area contributed by atoms with E-state index in [9.17, 15) is 4.79 Å². The Bertz CT molecular complexity index is 667. The first-order chi connectivity index (χ1) is 11.4. The number of anilines is 1. The van der Waals surface area contributed by atoms with Crippen LogP contribution < -0.4 is 10.6 Å². The van der Waals surface area contributed by atoms with Gasteiger partial charge in [0.1, 0.15) is 0 Å². The zero-order valence-corrected chi connectivity index (χ0v) is 14.4. The molecule has 0 saturated carbocycles. The second-order valence-corrected chi connectivity index (χ2v) is 6.24. The van der Waals surface area contributed by atoms with Crippen LogP contribution >= 0.6 is 0 Å². The van der Waals surface area contributed by atoms with E-state index in [2.05, 4.69) is 20.8 Å². The van der Waals surface area contributed by atoms with Gasteiger partial charge in [-0.05, 0) is 37.1 Å². The minimum atomic E-state index is -0.310. The number of amides is 2. The summed E-state index contributed by atoms with van der Waals surface area (Å²) in [7, 11) is 0. The number of aliphatic hydroxyl groups is 1. The number of aliphatic hydroxyl groups excluding tert-OH is 1. The number of urea groups is 1. The molecule has 0 bridgehead atoms. The van der Waals surface area contributed by atoms with Crippen molar-refractivity contribution in [1.82, 2.24) is 15.5 Å². The lowest BCUT2D eigenvalue weighted by Crippen LogP contribution is -2.40. The Labute approximate surface area is 141 Å². The van der Waals surface area contributed by atoms with Crippen LogP contribution in [-0.4, -0.2) is 33.9 Å². The van der Waals surface area contributed by atoms with Crippen LogP contribution in [-0.2, 0) is 0 Å². The Kier molecular flexibility index (Phi) is 5.92. The molecule has 130 valence electrons. The topological polar surface area (TPSA) is 100 Å². The number of carbonyl (C=O) groups is 1. The van der Waals surface area contributed by atoms with Gasteiger partial charge < -0.3 is 20.3 Å². The fourth-order valence-electron chi connectivity index (χ4n) is 1.96. The number of hydrogen-bond donors (Lipinski definition) is 3. The number of benzene rings is 1. The average Bonchev–Trinajstić information content (AvgIpc) is 3.04. The highest BCUT2D eigenvalue weighted by molar-refractivity contribution is 5.89. The largest absolute Gasteiger partial charge is 0.396 e. The third-order valence-electron chi connectivity index (χ3n) is 3.85. The Hall–Kier alpha value is -2.41. The molecule has 0 spiro atoms. The molecule has 24 heavy (non-hydrogen) atoms. The van der Waals surface area contributed by atoms with Crippen LogP contribution in [0.15, 0.2) is 28.8 Å². The van der Waals surface area contributed by atoms with Crippen molar-refractivity contribution in [2.75, 3.05) is 11.9 Å². The van der Waals surface area contributed by atoms with Gasteiger partial charge in [-0.1, -0.05) is 25.9 Å². The predicted molar refractivity (Wildman–Crippen MR) is 91.7 cm³/mol. The predicted octanol–water partition coefficient (Wildman–Crippen LogP) is 3.00. The summed E-state index contributed by atoms with van der Waals surface area (Å²) in [6.07, 6.45) is 0. The lowest BCUT2D eigenvalue weighted by Gasteiger charge is -2.19. The molecule has 2 unspecified atom stereocenters. The van der Waals surface area contributed by atoms with Crippen molar-refractivity contribution in [2.24, 2.45) is 5.92 Å². The molecule has 3 N–H and O–H groups in total. The van der Waals surface area contributed by atoms with Gasteiger partial charge in [0.25, 0.3) is 5.89 Å². The molecular weight excluding hydrogens is 308 g/mol. The molecule has 2 amide bonds. The van der Waals surface area contributed by atoms with Gasteiger partial charge in [-0.3, -0.25) is 0 Å². The Morgan fingerprint density at radius 1 is 1.21 bits per heavy atom. The number of carbonyl (C=O) groups excluding carboxylic acids is 1. The van der Waals surface area contributed by atoms with E-state index < -0.39 is 0 Å². The smallest absolute Gasteiger partial charge is 0.319 e. The molecule has 7 heteroatoms.